The van der Waals surface area contributed by atoms with E-state index in [0.717, 1.165) is 29.5 Å². The molecule has 1 fully saturated rings. The van der Waals surface area contributed by atoms with E-state index >= 15 is 0 Å². The van der Waals surface area contributed by atoms with Gasteiger partial charge >= 0.3 is 0 Å². The molecule has 3 aromatic rings. The molecule has 0 radical (unpaired) electrons. The van der Waals surface area contributed by atoms with Gasteiger partial charge in [-0.05, 0) is 67.1 Å². The minimum absolute atomic E-state index is 0.00761. The molecule has 6 heteroatoms. The fraction of sp³-hybridized carbons (Fsp3) is 0.308. The Morgan fingerprint density at radius 2 is 1.84 bits per heavy atom. The van der Waals surface area contributed by atoms with Gasteiger partial charge in [-0.25, -0.2) is 0 Å². The van der Waals surface area contributed by atoms with Crippen molar-refractivity contribution in [2.24, 2.45) is 5.41 Å². The number of carbonyl (C=O) groups excluding carboxylic acids is 2. The number of pyridine rings is 2. The third kappa shape index (κ3) is 4.54. The lowest BCUT2D eigenvalue weighted by Gasteiger charge is -2.42. The summed E-state index contributed by atoms with van der Waals surface area (Å²) in [5.41, 5.74) is 3.13. The van der Waals surface area contributed by atoms with Gasteiger partial charge in [0.25, 0.3) is 5.91 Å². The van der Waals surface area contributed by atoms with Crippen LogP contribution in [0.25, 0.3) is 11.1 Å². The molecule has 1 aromatic carbocycles. The van der Waals surface area contributed by atoms with E-state index < -0.39 is 5.41 Å². The fourth-order valence-electron chi connectivity index (χ4n) is 4.59. The van der Waals surface area contributed by atoms with Crippen LogP contribution >= 0.6 is 0 Å². The Labute approximate surface area is 188 Å². The van der Waals surface area contributed by atoms with Crippen LogP contribution < -0.4 is 5.32 Å². The Hall–Kier alpha value is -3.54. The van der Waals surface area contributed by atoms with Gasteiger partial charge in [0.1, 0.15) is 0 Å². The molecule has 4 rings (SSSR count). The third-order valence-corrected chi connectivity index (χ3v) is 6.13. The Kier molecular flexibility index (Phi) is 6.59. The number of nitrogens with zero attached hydrogens (tertiary/aromatic N) is 3. The minimum Gasteiger partial charge on any atom is -0.356 e. The molecule has 1 N–H and O–H groups in total. The standard InChI is InChI=1S/C26H28N4O2/c1-2-29-25(32)26(12-6-16-30(19-26)24(31)22-8-5-13-28-18-22)17-21-7-3-4-9-23(21)20-10-14-27-15-11-20/h3-5,7-11,13-15,18H,2,6,12,16-17,19H2,1H3,(H,29,32). The Bertz CT molecular complexity index is 1070. The Morgan fingerprint density at radius 1 is 1.03 bits per heavy atom. The van der Waals surface area contributed by atoms with Crippen molar-refractivity contribution in [3.05, 3.63) is 84.4 Å². The lowest BCUT2D eigenvalue weighted by Crippen LogP contribution is -2.54. The molecule has 0 spiro atoms. The van der Waals surface area contributed by atoms with Crippen LogP contribution in [-0.2, 0) is 11.2 Å². The van der Waals surface area contributed by atoms with Gasteiger partial charge in [0.2, 0.25) is 5.91 Å². The maximum absolute atomic E-state index is 13.4. The van der Waals surface area contributed by atoms with Gasteiger partial charge in [0, 0.05) is 44.4 Å². The zero-order chi connectivity index (χ0) is 22.4. The van der Waals surface area contributed by atoms with Gasteiger partial charge in [-0.15, -0.1) is 0 Å². The minimum atomic E-state index is -0.685. The maximum atomic E-state index is 13.4. The smallest absolute Gasteiger partial charge is 0.255 e. The van der Waals surface area contributed by atoms with E-state index in [0.29, 0.717) is 31.6 Å². The van der Waals surface area contributed by atoms with Crippen molar-refractivity contribution in [2.45, 2.75) is 26.2 Å². The summed E-state index contributed by atoms with van der Waals surface area (Å²) in [5, 5.41) is 3.04. The number of piperidine rings is 1. The zero-order valence-corrected chi connectivity index (χ0v) is 18.3. The van der Waals surface area contributed by atoms with E-state index in [4.69, 9.17) is 0 Å². The zero-order valence-electron chi connectivity index (χ0n) is 18.3. The predicted molar refractivity (Wildman–Crippen MR) is 124 cm³/mol. The van der Waals surface area contributed by atoms with Crippen LogP contribution in [0.4, 0.5) is 0 Å². The van der Waals surface area contributed by atoms with Gasteiger partial charge in [-0.3, -0.25) is 19.6 Å². The molecular formula is C26H28N4O2. The second-order valence-corrected chi connectivity index (χ2v) is 8.28. The number of amides is 2. The molecule has 2 amide bonds. The van der Waals surface area contributed by atoms with E-state index in [1.165, 1.54) is 0 Å². The summed E-state index contributed by atoms with van der Waals surface area (Å²) in [7, 11) is 0. The van der Waals surface area contributed by atoms with Gasteiger partial charge in [-0.1, -0.05) is 24.3 Å². The summed E-state index contributed by atoms with van der Waals surface area (Å²) in [6.07, 6.45) is 8.88. The highest BCUT2D eigenvalue weighted by atomic mass is 16.2. The number of rotatable bonds is 6. The summed E-state index contributed by atoms with van der Waals surface area (Å²) in [6, 6.07) is 15.7. The average Bonchev–Trinajstić information content (AvgIpc) is 2.85. The molecular weight excluding hydrogens is 400 g/mol. The lowest BCUT2D eigenvalue weighted by molar-refractivity contribution is -0.133. The average molecular weight is 429 g/mol. The van der Waals surface area contributed by atoms with Crippen molar-refractivity contribution >= 4 is 11.8 Å². The molecule has 0 aliphatic carbocycles. The second-order valence-electron chi connectivity index (χ2n) is 8.28. The van der Waals surface area contributed by atoms with E-state index in [1.54, 1.807) is 36.9 Å². The molecule has 1 unspecified atom stereocenters. The maximum Gasteiger partial charge on any atom is 0.255 e. The van der Waals surface area contributed by atoms with Crippen molar-refractivity contribution in [3.8, 4) is 11.1 Å². The molecule has 2 aromatic heterocycles. The summed E-state index contributed by atoms with van der Waals surface area (Å²) in [4.78, 5) is 36.6. The molecule has 0 saturated carbocycles. The van der Waals surface area contributed by atoms with Gasteiger partial charge in [0.05, 0.1) is 11.0 Å². The number of likely N-dealkylation sites (tertiary alicyclic amines) is 1. The Balaban J connectivity index is 1.68. The van der Waals surface area contributed by atoms with Gasteiger partial charge in [0.15, 0.2) is 0 Å². The van der Waals surface area contributed by atoms with Crippen molar-refractivity contribution in [1.29, 1.82) is 0 Å². The number of hydrogen-bond acceptors (Lipinski definition) is 4. The summed E-state index contributed by atoms with van der Waals surface area (Å²) in [6.45, 7) is 3.51. The SMILES string of the molecule is CCNC(=O)C1(Cc2ccccc2-c2ccncc2)CCCN(C(=O)c2cccnc2)C1. The van der Waals surface area contributed by atoms with E-state index in [9.17, 15) is 9.59 Å². The summed E-state index contributed by atoms with van der Waals surface area (Å²) >= 11 is 0. The quantitative estimate of drug-likeness (QED) is 0.649. The van der Waals surface area contributed by atoms with Gasteiger partial charge in [-0.2, -0.15) is 0 Å². The first-order valence-electron chi connectivity index (χ1n) is 11.1. The van der Waals surface area contributed by atoms with Crippen molar-refractivity contribution in [1.82, 2.24) is 20.2 Å². The highest BCUT2D eigenvalue weighted by molar-refractivity contribution is 5.94. The van der Waals surface area contributed by atoms with Crippen LogP contribution in [0.2, 0.25) is 0 Å². The topological polar surface area (TPSA) is 75.2 Å². The normalized spacial score (nSPS) is 18.2. The Morgan fingerprint density at radius 3 is 2.59 bits per heavy atom. The second kappa shape index (κ2) is 9.73. The number of benzene rings is 1. The number of hydrogen-bond donors (Lipinski definition) is 1. The fourth-order valence-corrected chi connectivity index (χ4v) is 4.59. The predicted octanol–water partition coefficient (Wildman–Crippen LogP) is 3.74. The summed E-state index contributed by atoms with van der Waals surface area (Å²) < 4.78 is 0. The first-order chi connectivity index (χ1) is 15.6. The number of aromatic nitrogens is 2. The number of nitrogens with one attached hydrogen (secondary N) is 1. The molecule has 3 heterocycles. The first kappa shape index (κ1) is 21.7. The molecule has 0 bridgehead atoms. The van der Waals surface area contributed by atoms with Crippen LogP contribution in [0, 0.1) is 5.41 Å². The van der Waals surface area contributed by atoms with Crippen LogP contribution in [0.15, 0.2) is 73.3 Å². The van der Waals surface area contributed by atoms with Crippen molar-refractivity contribution in [2.75, 3.05) is 19.6 Å². The highest BCUT2D eigenvalue weighted by Crippen LogP contribution is 2.37. The molecule has 1 atom stereocenters. The lowest BCUT2D eigenvalue weighted by atomic mass is 9.73. The van der Waals surface area contributed by atoms with E-state index in [1.807, 2.05) is 36.1 Å². The highest BCUT2D eigenvalue weighted by Gasteiger charge is 2.43. The molecule has 1 saturated heterocycles. The monoisotopic (exact) mass is 428 g/mol. The van der Waals surface area contributed by atoms with Gasteiger partial charge < -0.3 is 10.2 Å². The third-order valence-electron chi connectivity index (χ3n) is 6.13. The van der Waals surface area contributed by atoms with Crippen molar-refractivity contribution in [3.63, 3.8) is 0 Å². The first-order valence-corrected chi connectivity index (χ1v) is 11.1. The molecule has 32 heavy (non-hydrogen) atoms. The number of carbonyl (C=O) groups is 2. The van der Waals surface area contributed by atoms with Crippen LogP contribution in [0.3, 0.4) is 0 Å². The van der Waals surface area contributed by atoms with Crippen molar-refractivity contribution < 1.29 is 9.59 Å². The molecule has 1 aliphatic rings. The van der Waals surface area contributed by atoms with Crippen LogP contribution in [-0.4, -0.2) is 46.3 Å². The van der Waals surface area contributed by atoms with Crippen LogP contribution in [0.1, 0.15) is 35.7 Å². The molecule has 1 aliphatic heterocycles. The largest absolute Gasteiger partial charge is 0.356 e. The summed E-state index contributed by atoms with van der Waals surface area (Å²) in [5.74, 6) is -0.0675. The van der Waals surface area contributed by atoms with E-state index in [-0.39, 0.29) is 11.8 Å². The molecule has 6 nitrogen and oxygen atoms in total. The molecule has 164 valence electrons. The van der Waals surface area contributed by atoms with Crippen LogP contribution in [0.5, 0.6) is 0 Å². The van der Waals surface area contributed by atoms with E-state index in [2.05, 4.69) is 27.4 Å².